The maximum absolute atomic E-state index is 13.5. The highest BCUT2D eigenvalue weighted by Gasteiger charge is 2.35. The number of rotatable bonds is 3. The molecule has 0 saturated carbocycles. The van der Waals surface area contributed by atoms with Crippen LogP contribution in [0.25, 0.3) is 28.2 Å². The second-order valence-corrected chi connectivity index (χ2v) is 6.57. The van der Waals surface area contributed by atoms with E-state index in [0.29, 0.717) is 4.57 Å². The molecule has 1 amide bonds. The molecule has 0 radical (unpaired) electrons. The third-order valence-electron chi connectivity index (χ3n) is 4.18. The average molecular weight is 435 g/mol. The van der Waals surface area contributed by atoms with E-state index in [-0.39, 0.29) is 33.3 Å². The molecule has 0 spiro atoms. The summed E-state index contributed by atoms with van der Waals surface area (Å²) in [6.07, 6.45) is -2.04. The van der Waals surface area contributed by atoms with E-state index in [1.807, 2.05) is 0 Å². The first kappa shape index (κ1) is 19.6. The Morgan fingerprint density at radius 3 is 2.57 bits per heavy atom. The molecule has 0 saturated heterocycles. The van der Waals surface area contributed by atoms with Crippen LogP contribution < -0.4 is 11.4 Å². The van der Waals surface area contributed by atoms with Gasteiger partial charge in [0, 0.05) is 18.0 Å². The van der Waals surface area contributed by atoms with Gasteiger partial charge in [0.15, 0.2) is 17.2 Å². The van der Waals surface area contributed by atoms with Crippen molar-refractivity contribution in [1.29, 1.82) is 0 Å². The predicted octanol–water partition coefficient (Wildman–Crippen LogP) is 2.94. The second kappa shape index (κ2) is 6.95. The first-order valence-electron chi connectivity index (χ1n) is 8.27. The number of nitrogens with zero attached hydrogens (tertiary/aromatic N) is 4. The smallest absolute Gasteiger partial charge is 0.364 e. The SMILES string of the molecule is NC(=O)c1nc(-c2cncc(Cl)c2)nc2c1[nH]c(=O)n2-c1ccccc1C(F)(F)F. The number of aromatic amines is 1. The van der Waals surface area contributed by atoms with Crippen LogP contribution in [0.5, 0.6) is 0 Å². The molecule has 0 unspecified atom stereocenters. The Balaban J connectivity index is 2.10. The van der Waals surface area contributed by atoms with Gasteiger partial charge in [0.25, 0.3) is 5.91 Å². The summed E-state index contributed by atoms with van der Waals surface area (Å²) in [7, 11) is 0. The number of halogens is 4. The molecule has 4 rings (SSSR count). The van der Waals surface area contributed by atoms with E-state index in [1.165, 1.54) is 30.6 Å². The molecule has 0 fully saturated rings. The third kappa shape index (κ3) is 3.28. The zero-order valence-electron chi connectivity index (χ0n) is 14.7. The molecule has 0 aliphatic heterocycles. The zero-order valence-corrected chi connectivity index (χ0v) is 15.5. The molecule has 30 heavy (non-hydrogen) atoms. The molecule has 0 bridgehead atoms. The molecule has 3 heterocycles. The fraction of sp³-hybridized carbons (Fsp3) is 0.0556. The number of hydrogen-bond acceptors (Lipinski definition) is 5. The zero-order chi connectivity index (χ0) is 21.6. The molecule has 152 valence electrons. The molecule has 0 atom stereocenters. The lowest BCUT2D eigenvalue weighted by Crippen LogP contribution is -2.19. The van der Waals surface area contributed by atoms with E-state index in [4.69, 9.17) is 17.3 Å². The van der Waals surface area contributed by atoms with Crippen LogP contribution in [-0.2, 0) is 6.18 Å². The van der Waals surface area contributed by atoms with Crippen LogP contribution in [0.1, 0.15) is 16.1 Å². The summed E-state index contributed by atoms with van der Waals surface area (Å²) in [5.41, 5.74) is 2.37. The Morgan fingerprint density at radius 1 is 1.17 bits per heavy atom. The van der Waals surface area contributed by atoms with Crippen molar-refractivity contribution in [3.05, 3.63) is 69.5 Å². The number of nitrogens with one attached hydrogen (secondary N) is 1. The van der Waals surface area contributed by atoms with E-state index < -0.39 is 29.0 Å². The molecule has 4 aromatic rings. The highest BCUT2D eigenvalue weighted by molar-refractivity contribution is 6.30. The summed E-state index contributed by atoms with van der Waals surface area (Å²) in [5, 5.41) is 0.241. The number of imidazole rings is 1. The molecule has 3 N–H and O–H groups in total. The van der Waals surface area contributed by atoms with E-state index >= 15 is 0 Å². The van der Waals surface area contributed by atoms with Crippen molar-refractivity contribution >= 4 is 28.7 Å². The van der Waals surface area contributed by atoms with Crippen LogP contribution in [0.15, 0.2) is 47.5 Å². The fourth-order valence-corrected chi connectivity index (χ4v) is 3.13. The van der Waals surface area contributed by atoms with Crippen molar-refractivity contribution in [1.82, 2.24) is 24.5 Å². The van der Waals surface area contributed by atoms with Crippen molar-refractivity contribution in [3.63, 3.8) is 0 Å². The normalized spacial score (nSPS) is 11.7. The van der Waals surface area contributed by atoms with Gasteiger partial charge in [0.1, 0.15) is 5.52 Å². The van der Waals surface area contributed by atoms with Crippen LogP contribution in [0.3, 0.4) is 0 Å². The van der Waals surface area contributed by atoms with Gasteiger partial charge in [-0.3, -0.25) is 9.78 Å². The Morgan fingerprint density at radius 2 is 1.90 bits per heavy atom. The molecule has 0 aliphatic rings. The molecule has 3 aromatic heterocycles. The number of primary amides is 1. The molecule has 8 nitrogen and oxygen atoms in total. The summed E-state index contributed by atoms with van der Waals surface area (Å²) in [4.78, 5) is 39.0. The molecule has 1 aromatic carbocycles. The molecular formula is C18H10ClF3N6O2. The maximum atomic E-state index is 13.5. The van der Waals surface area contributed by atoms with E-state index in [0.717, 1.165) is 12.1 Å². The number of benzene rings is 1. The summed E-state index contributed by atoms with van der Waals surface area (Å²) in [6, 6.07) is 5.93. The number of fused-ring (bicyclic) bond motifs is 1. The fourth-order valence-electron chi connectivity index (χ4n) is 2.96. The average Bonchev–Trinajstić information content (AvgIpc) is 3.02. The number of amides is 1. The highest BCUT2D eigenvalue weighted by atomic mass is 35.5. The maximum Gasteiger partial charge on any atom is 0.418 e. The number of aromatic nitrogens is 5. The number of carbonyl (C=O) groups excluding carboxylic acids is 1. The Bertz CT molecular complexity index is 1360. The van der Waals surface area contributed by atoms with E-state index in [1.54, 1.807) is 0 Å². The first-order valence-corrected chi connectivity index (χ1v) is 8.64. The van der Waals surface area contributed by atoms with Crippen LogP contribution in [0.2, 0.25) is 5.02 Å². The monoisotopic (exact) mass is 434 g/mol. The number of pyridine rings is 1. The Kier molecular flexibility index (Phi) is 4.54. The summed E-state index contributed by atoms with van der Waals surface area (Å²) < 4.78 is 41.3. The number of carbonyl (C=O) groups is 1. The number of para-hydroxylation sites is 1. The van der Waals surface area contributed by atoms with Crippen molar-refractivity contribution in [2.24, 2.45) is 5.73 Å². The van der Waals surface area contributed by atoms with Crippen LogP contribution >= 0.6 is 11.6 Å². The van der Waals surface area contributed by atoms with Crippen molar-refractivity contribution < 1.29 is 18.0 Å². The number of H-pyrrole nitrogens is 1. The van der Waals surface area contributed by atoms with Gasteiger partial charge < -0.3 is 10.7 Å². The second-order valence-electron chi connectivity index (χ2n) is 6.13. The minimum Gasteiger partial charge on any atom is -0.364 e. The highest BCUT2D eigenvalue weighted by Crippen LogP contribution is 2.34. The third-order valence-corrected chi connectivity index (χ3v) is 4.39. The molecule has 0 aliphatic carbocycles. The van der Waals surface area contributed by atoms with Crippen LogP contribution in [-0.4, -0.2) is 30.4 Å². The van der Waals surface area contributed by atoms with Gasteiger partial charge in [-0.1, -0.05) is 23.7 Å². The van der Waals surface area contributed by atoms with Crippen molar-refractivity contribution in [2.45, 2.75) is 6.18 Å². The lowest BCUT2D eigenvalue weighted by molar-refractivity contribution is -0.137. The van der Waals surface area contributed by atoms with Gasteiger partial charge in [0.05, 0.1) is 16.3 Å². The predicted molar refractivity (Wildman–Crippen MR) is 101 cm³/mol. The van der Waals surface area contributed by atoms with Gasteiger partial charge in [-0.15, -0.1) is 0 Å². The Hall–Kier alpha value is -3.73. The van der Waals surface area contributed by atoms with Gasteiger partial charge >= 0.3 is 11.9 Å². The van der Waals surface area contributed by atoms with Gasteiger partial charge in [0.2, 0.25) is 0 Å². The number of alkyl halides is 3. The number of hydrogen-bond donors (Lipinski definition) is 2. The largest absolute Gasteiger partial charge is 0.418 e. The van der Waals surface area contributed by atoms with Crippen molar-refractivity contribution in [2.75, 3.05) is 0 Å². The van der Waals surface area contributed by atoms with Crippen LogP contribution in [0, 0.1) is 0 Å². The lowest BCUT2D eigenvalue weighted by Gasteiger charge is -2.13. The van der Waals surface area contributed by atoms with E-state index in [9.17, 15) is 22.8 Å². The topological polar surface area (TPSA) is 120 Å². The van der Waals surface area contributed by atoms with Gasteiger partial charge in [-0.05, 0) is 18.2 Å². The van der Waals surface area contributed by atoms with Crippen molar-refractivity contribution in [3.8, 4) is 17.1 Å². The lowest BCUT2D eigenvalue weighted by atomic mass is 10.1. The molecule has 12 heteroatoms. The summed E-state index contributed by atoms with van der Waals surface area (Å²) in [6.45, 7) is 0. The van der Waals surface area contributed by atoms with Gasteiger partial charge in [-0.2, -0.15) is 13.2 Å². The minimum atomic E-state index is -4.74. The number of nitrogens with two attached hydrogens (primary N) is 1. The quantitative estimate of drug-likeness (QED) is 0.513. The Labute approximate surface area is 170 Å². The van der Waals surface area contributed by atoms with E-state index in [2.05, 4.69) is 19.9 Å². The first-order chi connectivity index (χ1) is 14.2. The minimum absolute atomic E-state index is 0.0939. The summed E-state index contributed by atoms with van der Waals surface area (Å²) in [5.74, 6) is -1.10. The standard InChI is InChI=1S/C18H10ClF3N6O2/c19-9-5-8(6-24-7-9)15-25-12(14(23)29)13-16(27-15)28(17(30)26-13)11-4-2-1-3-10(11)18(20,21)22/h1-7H,(H2,23,29)(H,26,30). The summed E-state index contributed by atoms with van der Waals surface area (Å²) >= 11 is 5.92. The van der Waals surface area contributed by atoms with Crippen LogP contribution in [0.4, 0.5) is 13.2 Å². The van der Waals surface area contributed by atoms with Gasteiger partial charge in [-0.25, -0.2) is 19.3 Å². The molecular weight excluding hydrogens is 425 g/mol.